The molecule has 2 unspecified atom stereocenters. The fraction of sp³-hybridized carbons (Fsp3) is 0.818. The Labute approximate surface area is 102 Å². The lowest BCUT2D eigenvalue weighted by Crippen LogP contribution is -2.60. The first-order valence-electron chi connectivity index (χ1n) is 5.64. The second kappa shape index (κ2) is 5.19. The molecule has 0 saturated carbocycles. The Morgan fingerprint density at radius 2 is 2.12 bits per heavy atom. The maximum Gasteiger partial charge on any atom is 0.335 e. The van der Waals surface area contributed by atoms with Crippen LogP contribution in [0.3, 0.4) is 0 Å². The first-order valence-corrected chi connectivity index (χ1v) is 6.15. The highest BCUT2D eigenvalue weighted by Crippen LogP contribution is 2.32. The van der Waals surface area contributed by atoms with Crippen LogP contribution in [-0.4, -0.2) is 35.7 Å². The SMILES string of the molecule is CCOC(=O)[C@@]1(C(=O)CC)NCC(C)C1S. The summed E-state index contributed by atoms with van der Waals surface area (Å²) in [6.45, 7) is 6.32. The normalized spacial score (nSPS) is 33.8. The highest BCUT2D eigenvalue weighted by molar-refractivity contribution is 7.81. The van der Waals surface area contributed by atoms with Gasteiger partial charge < -0.3 is 4.74 Å². The summed E-state index contributed by atoms with van der Waals surface area (Å²) in [6.07, 6.45) is 0.301. The Hall–Kier alpha value is -0.550. The van der Waals surface area contributed by atoms with E-state index >= 15 is 0 Å². The third kappa shape index (κ3) is 1.98. The Bertz CT molecular complexity index is 295. The Morgan fingerprint density at radius 1 is 1.50 bits per heavy atom. The van der Waals surface area contributed by atoms with E-state index in [0.29, 0.717) is 13.0 Å². The summed E-state index contributed by atoms with van der Waals surface area (Å²) >= 11 is 4.41. The number of hydrogen-bond acceptors (Lipinski definition) is 5. The van der Waals surface area contributed by atoms with E-state index in [1.165, 1.54) is 0 Å². The fourth-order valence-electron chi connectivity index (χ4n) is 2.06. The average Bonchev–Trinajstić information content (AvgIpc) is 2.57. The molecule has 5 heteroatoms. The van der Waals surface area contributed by atoms with Crippen molar-refractivity contribution in [3.05, 3.63) is 0 Å². The summed E-state index contributed by atoms with van der Waals surface area (Å²) in [6, 6.07) is 0. The summed E-state index contributed by atoms with van der Waals surface area (Å²) in [5.41, 5.74) is -1.24. The van der Waals surface area contributed by atoms with E-state index in [9.17, 15) is 9.59 Å². The highest BCUT2D eigenvalue weighted by Gasteiger charge is 2.56. The van der Waals surface area contributed by atoms with Crippen molar-refractivity contribution >= 4 is 24.4 Å². The van der Waals surface area contributed by atoms with Gasteiger partial charge in [0, 0.05) is 18.2 Å². The molecular formula is C11H19NO3S. The number of nitrogens with one attached hydrogen (secondary N) is 1. The van der Waals surface area contributed by atoms with Crippen LogP contribution in [0.1, 0.15) is 27.2 Å². The molecule has 0 aromatic rings. The lowest BCUT2D eigenvalue weighted by molar-refractivity contribution is -0.154. The summed E-state index contributed by atoms with van der Waals surface area (Å²) in [7, 11) is 0. The van der Waals surface area contributed by atoms with Gasteiger partial charge in [-0.15, -0.1) is 0 Å². The van der Waals surface area contributed by atoms with Crippen molar-refractivity contribution in [2.45, 2.75) is 38.0 Å². The zero-order valence-corrected chi connectivity index (χ0v) is 10.8. The van der Waals surface area contributed by atoms with Crippen molar-refractivity contribution in [3.8, 4) is 0 Å². The molecule has 0 aromatic heterocycles. The van der Waals surface area contributed by atoms with E-state index in [0.717, 1.165) is 0 Å². The molecule has 3 atom stereocenters. The van der Waals surface area contributed by atoms with Gasteiger partial charge in [0.1, 0.15) is 0 Å². The van der Waals surface area contributed by atoms with E-state index in [4.69, 9.17) is 4.74 Å². The van der Waals surface area contributed by atoms with Gasteiger partial charge in [-0.25, -0.2) is 4.79 Å². The zero-order valence-electron chi connectivity index (χ0n) is 9.95. The number of hydrogen-bond donors (Lipinski definition) is 2. The van der Waals surface area contributed by atoms with Crippen LogP contribution in [0, 0.1) is 5.92 Å². The van der Waals surface area contributed by atoms with Gasteiger partial charge in [-0.3, -0.25) is 10.1 Å². The Morgan fingerprint density at radius 3 is 2.50 bits per heavy atom. The molecule has 1 fully saturated rings. The fourth-order valence-corrected chi connectivity index (χ4v) is 2.51. The van der Waals surface area contributed by atoms with Crippen LogP contribution >= 0.6 is 12.6 Å². The number of ketones is 1. The molecule has 0 bridgehead atoms. The van der Waals surface area contributed by atoms with Crippen LogP contribution < -0.4 is 5.32 Å². The number of carbonyl (C=O) groups is 2. The third-order valence-electron chi connectivity index (χ3n) is 3.04. The molecule has 0 amide bonds. The predicted molar refractivity (Wildman–Crippen MR) is 64.6 cm³/mol. The monoisotopic (exact) mass is 245 g/mol. The van der Waals surface area contributed by atoms with Gasteiger partial charge in [0.2, 0.25) is 0 Å². The Balaban J connectivity index is 3.03. The van der Waals surface area contributed by atoms with Crippen LogP contribution in [0.2, 0.25) is 0 Å². The highest BCUT2D eigenvalue weighted by atomic mass is 32.1. The number of Topliss-reactive ketones (excluding diaryl/α,β-unsaturated/α-hetero) is 1. The molecule has 1 saturated heterocycles. The standard InChI is InChI=1S/C11H19NO3S/c1-4-8(13)11(10(14)15-5-2)9(16)7(3)6-12-11/h7,9,12,16H,4-6H2,1-3H3/t7?,9?,11-/m0/s1. The second-order valence-corrected chi connectivity index (χ2v) is 4.66. The number of ether oxygens (including phenoxy) is 1. The lowest BCUT2D eigenvalue weighted by Gasteiger charge is -2.29. The first kappa shape index (κ1) is 13.5. The van der Waals surface area contributed by atoms with E-state index in [2.05, 4.69) is 17.9 Å². The number of esters is 1. The molecule has 1 N–H and O–H groups in total. The van der Waals surface area contributed by atoms with Crippen molar-refractivity contribution in [2.75, 3.05) is 13.2 Å². The molecule has 16 heavy (non-hydrogen) atoms. The topological polar surface area (TPSA) is 55.4 Å². The van der Waals surface area contributed by atoms with E-state index in [1.54, 1.807) is 13.8 Å². The third-order valence-corrected chi connectivity index (χ3v) is 3.94. The molecule has 1 aliphatic rings. The van der Waals surface area contributed by atoms with E-state index in [1.807, 2.05) is 6.92 Å². The molecule has 92 valence electrons. The molecule has 1 aliphatic heterocycles. The van der Waals surface area contributed by atoms with E-state index in [-0.39, 0.29) is 23.6 Å². The average molecular weight is 245 g/mol. The van der Waals surface area contributed by atoms with Crippen LogP contribution in [-0.2, 0) is 14.3 Å². The summed E-state index contributed by atoms with van der Waals surface area (Å²) in [4.78, 5) is 24.0. The van der Waals surface area contributed by atoms with Crippen molar-refractivity contribution < 1.29 is 14.3 Å². The zero-order chi connectivity index (χ0) is 12.3. The molecule has 4 nitrogen and oxygen atoms in total. The van der Waals surface area contributed by atoms with Gasteiger partial charge in [0.25, 0.3) is 0 Å². The van der Waals surface area contributed by atoms with Crippen LogP contribution in [0.25, 0.3) is 0 Å². The summed E-state index contributed by atoms with van der Waals surface area (Å²) in [5, 5.41) is 2.68. The van der Waals surface area contributed by atoms with Crippen molar-refractivity contribution in [1.82, 2.24) is 5.32 Å². The quantitative estimate of drug-likeness (QED) is 0.437. The van der Waals surface area contributed by atoms with Gasteiger partial charge in [0.15, 0.2) is 11.3 Å². The summed E-state index contributed by atoms with van der Waals surface area (Å²) < 4.78 is 5.00. The number of rotatable bonds is 4. The molecule has 0 radical (unpaired) electrons. The minimum absolute atomic E-state index is 0.143. The minimum Gasteiger partial charge on any atom is -0.464 e. The largest absolute Gasteiger partial charge is 0.464 e. The Kier molecular flexibility index (Phi) is 4.38. The minimum atomic E-state index is -1.24. The maximum absolute atomic E-state index is 12.0. The van der Waals surface area contributed by atoms with Crippen molar-refractivity contribution in [2.24, 2.45) is 5.92 Å². The van der Waals surface area contributed by atoms with Crippen LogP contribution in [0.5, 0.6) is 0 Å². The van der Waals surface area contributed by atoms with Gasteiger partial charge in [0.05, 0.1) is 6.61 Å². The predicted octanol–water partition coefficient (Wildman–Crippen LogP) is 0.805. The van der Waals surface area contributed by atoms with E-state index < -0.39 is 11.5 Å². The second-order valence-electron chi connectivity index (χ2n) is 4.11. The van der Waals surface area contributed by atoms with Crippen molar-refractivity contribution in [3.63, 3.8) is 0 Å². The first-order chi connectivity index (χ1) is 7.50. The summed E-state index contributed by atoms with van der Waals surface area (Å²) in [5.74, 6) is -0.468. The lowest BCUT2D eigenvalue weighted by atomic mass is 9.87. The van der Waals surface area contributed by atoms with Gasteiger partial charge in [-0.2, -0.15) is 12.6 Å². The maximum atomic E-state index is 12.0. The van der Waals surface area contributed by atoms with Crippen LogP contribution in [0.4, 0.5) is 0 Å². The smallest absolute Gasteiger partial charge is 0.335 e. The van der Waals surface area contributed by atoms with Crippen LogP contribution in [0.15, 0.2) is 0 Å². The van der Waals surface area contributed by atoms with Gasteiger partial charge in [-0.1, -0.05) is 13.8 Å². The molecule has 0 aliphatic carbocycles. The van der Waals surface area contributed by atoms with Crippen molar-refractivity contribution in [1.29, 1.82) is 0 Å². The number of carbonyl (C=O) groups excluding carboxylic acids is 2. The molecule has 0 spiro atoms. The molecule has 1 rings (SSSR count). The molecule has 1 heterocycles. The molecular weight excluding hydrogens is 226 g/mol. The van der Waals surface area contributed by atoms with Gasteiger partial charge in [-0.05, 0) is 12.8 Å². The number of thiol groups is 1. The molecule has 0 aromatic carbocycles. The van der Waals surface area contributed by atoms with Gasteiger partial charge >= 0.3 is 5.97 Å².